The summed E-state index contributed by atoms with van der Waals surface area (Å²) in [6.45, 7) is 0. The number of fused-ring (bicyclic) bond motifs is 8. The van der Waals surface area contributed by atoms with Crippen molar-refractivity contribution in [3.8, 4) is 16.8 Å². The summed E-state index contributed by atoms with van der Waals surface area (Å²) in [5.41, 5.74) is 7.66. The van der Waals surface area contributed by atoms with E-state index in [9.17, 15) is 0 Å². The Balaban J connectivity index is 1.52. The van der Waals surface area contributed by atoms with Gasteiger partial charge in [-0.05, 0) is 47.5 Å². The van der Waals surface area contributed by atoms with Crippen LogP contribution in [-0.2, 0) is 5.75 Å². The van der Waals surface area contributed by atoms with Gasteiger partial charge in [0, 0.05) is 15.7 Å². The Hall–Kier alpha value is -3.50. The molecule has 0 saturated carbocycles. The van der Waals surface area contributed by atoms with Crippen molar-refractivity contribution >= 4 is 44.7 Å². The van der Waals surface area contributed by atoms with Crippen molar-refractivity contribution in [1.82, 2.24) is 9.55 Å². The van der Waals surface area contributed by atoms with Crippen LogP contribution < -0.4 is 0 Å². The van der Waals surface area contributed by atoms with Crippen LogP contribution in [0.5, 0.6) is 0 Å². The van der Waals surface area contributed by atoms with Crippen molar-refractivity contribution in [2.45, 2.75) is 10.6 Å². The highest BCUT2D eigenvalue weighted by Crippen LogP contribution is 2.42. The zero-order chi connectivity index (χ0) is 19.7. The molecule has 0 unspecified atom stereocenters. The summed E-state index contributed by atoms with van der Waals surface area (Å²) in [5.74, 6) is 2.00. The zero-order valence-electron chi connectivity index (χ0n) is 16.0. The number of thioether (sulfide) groups is 1. The number of para-hydroxylation sites is 3. The Bertz CT molecular complexity index is 1610. The second-order valence-electron chi connectivity index (χ2n) is 7.60. The van der Waals surface area contributed by atoms with Crippen molar-refractivity contribution in [3.05, 3.63) is 90.8 Å². The number of rotatable bonds is 1. The van der Waals surface area contributed by atoms with E-state index in [1.165, 1.54) is 27.1 Å². The molecule has 0 radical (unpaired) electrons. The lowest BCUT2D eigenvalue weighted by molar-refractivity contribution is 0.669. The molecule has 4 heteroatoms. The average Bonchev–Trinajstić information content (AvgIpc) is 3.37. The highest BCUT2D eigenvalue weighted by Gasteiger charge is 2.21. The first kappa shape index (κ1) is 16.3. The minimum absolute atomic E-state index is 0.892. The molecule has 0 bridgehead atoms. The maximum Gasteiger partial charge on any atom is 0.136 e. The van der Waals surface area contributed by atoms with Crippen molar-refractivity contribution in [2.24, 2.45) is 0 Å². The highest BCUT2D eigenvalue weighted by atomic mass is 32.2. The van der Waals surface area contributed by atoms with Crippen molar-refractivity contribution < 1.29 is 4.42 Å². The second kappa shape index (κ2) is 6.00. The summed E-state index contributed by atoms with van der Waals surface area (Å²) in [6.07, 6.45) is 0. The molecule has 0 spiro atoms. The maximum atomic E-state index is 6.11. The standard InChI is InChI=1S/C26H16N2OS/c1-4-10-22-18(6-1)26-17(7-5-11-23(26)29-22)16-12-13-24-21(14-16)28-20-9-3-2-8-19(20)27-25(28)15-30-24/h1-14H,15H2. The van der Waals surface area contributed by atoms with E-state index in [0.717, 1.165) is 39.2 Å². The lowest BCUT2D eigenvalue weighted by atomic mass is 9.99. The number of hydrogen-bond donors (Lipinski definition) is 0. The smallest absolute Gasteiger partial charge is 0.136 e. The number of nitrogens with zero attached hydrogens (tertiary/aromatic N) is 2. The number of aromatic nitrogens is 2. The van der Waals surface area contributed by atoms with Gasteiger partial charge in [-0.25, -0.2) is 4.98 Å². The monoisotopic (exact) mass is 404 g/mol. The molecule has 0 saturated heterocycles. The van der Waals surface area contributed by atoms with Gasteiger partial charge >= 0.3 is 0 Å². The third kappa shape index (κ3) is 2.20. The average molecular weight is 404 g/mol. The van der Waals surface area contributed by atoms with Gasteiger partial charge < -0.3 is 4.42 Å². The fourth-order valence-corrected chi connectivity index (χ4v) is 5.52. The lowest BCUT2D eigenvalue weighted by Crippen LogP contribution is -2.06. The third-order valence-electron chi connectivity index (χ3n) is 5.90. The fraction of sp³-hybridized carbons (Fsp3) is 0.0385. The van der Waals surface area contributed by atoms with Crippen molar-refractivity contribution in [2.75, 3.05) is 0 Å². The number of furan rings is 1. The number of hydrogen-bond acceptors (Lipinski definition) is 3. The SMILES string of the molecule is c1ccc2c(c1)nc1n2-c2cc(-c3cccc4oc5ccccc5c34)ccc2SC1. The van der Waals surface area contributed by atoms with Crippen LogP contribution in [0.1, 0.15) is 5.82 Å². The molecule has 0 amide bonds. The Kier molecular flexibility index (Phi) is 3.26. The predicted octanol–water partition coefficient (Wildman–Crippen LogP) is 7.20. The van der Waals surface area contributed by atoms with E-state index in [4.69, 9.17) is 9.40 Å². The predicted molar refractivity (Wildman–Crippen MR) is 123 cm³/mol. The normalized spacial score (nSPS) is 13.1. The molecule has 30 heavy (non-hydrogen) atoms. The summed E-state index contributed by atoms with van der Waals surface area (Å²) in [6, 6.07) is 29.7. The van der Waals surface area contributed by atoms with Crippen LogP contribution in [0.15, 0.2) is 94.2 Å². The van der Waals surface area contributed by atoms with E-state index in [-0.39, 0.29) is 0 Å². The molecule has 0 fully saturated rings. The van der Waals surface area contributed by atoms with Crippen molar-refractivity contribution in [1.29, 1.82) is 0 Å². The maximum absolute atomic E-state index is 6.11. The van der Waals surface area contributed by atoms with Crippen LogP contribution in [0.3, 0.4) is 0 Å². The first-order valence-corrected chi connectivity index (χ1v) is 11.0. The number of imidazole rings is 1. The molecule has 0 N–H and O–H groups in total. The molecule has 1 aliphatic heterocycles. The minimum Gasteiger partial charge on any atom is -0.456 e. The van der Waals surface area contributed by atoms with Crippen LogP contribution in [-0.4, -0.2) is 9.55 Å². The summed E-state index contributed by atoms with van der Waals surface area (Å²) in [4.78, 5) is 6.15. The van der Waals surface area contributed by atoms with E-state index in [1.807, 2.05) is 23.9 Å². The second-order valence-corrected chi connectivity index (χ2v) is 8.62. The van der Waals surface area contributed by atoms with Gasteiger partial charge in [0.15, 0.2) is 0 Å². The van der Waals surface area contributed by atoms with E-state index in [1.54, 1.807) is 0 Å². The van der Waals surface area contributed by atoms with Crippen LogP contribution >= 0.6 is 11.8 Å². The molecule has 0 aliphatic carbocycles. The Labute approximate surface area is 177 Å². The Morgan fingerprint density at radius 3 is 2.70 bits per heavy atom. The van der Waals surface area contributed by atoms with Crippen LogP contribution in [0, 0.1) is 0 Å². The van der Waals surface area contributed by atoms with Gasteiger partial charge in [-0.15, -0.1) is 11.8 Å². The lowest BCUT2D eigenvalue weighted by Gasteiger charge is -2.20. The largest absolute Gasteiger partial charge is 0.456 e. The molecule has 0 atom stereocenters. The minimum atomic E-state index is 0.892. The molecule has 3 heterocycles. The summed E-state index contributed by atoms with van der Waals surface area (Å²) < 4.78 is 8.43. The first-order chi connectivity index (χ1) is 14.9. The zero-order valence-corrected chi connectivity index (χ0v) is 16.8. The van der Waals surface area contributed by atoms with Gasteiger partial charge in [0.25, 0.3) is 0 Å². The van der Waals surface area contributed by atoms with Gasteiger partial charge in [0.05, 0.1) is 22.5 Å². The van der Waals surface area contributed by atoms with Crippen LogP contribution in [0.2, 0.25) is 0 Å². The molecule has 142 valence electrons. The van der Waals surface area contributed by atoms with Gasteiger partial charge in [-0.3, -0.25) is 4.57 Å². The molecular weight excluding hydrogens is 388 g/mol. The van der Waals surface area contributed by atoms with E-state index >= 15 is 0 Å². The third-order valence-corrected chi connectivity index (χ3v) is 6.96. The topological polar surface area (TPSA) is 31.0 Å². The molecule has 2 aromatic heterocycles. The molecule has 3 nitrogen and oxygen atoms in total. The Morgan fingerprint density at radius 2 is 1.70 bits per heavy atom. The van der Waals surface area contributed by atoms with Crippen LogP contribution in [0.4, 0.5) is 0 Å². The van der Waals surface area contributed by atoms with Gasteiger partial charge in [-0.2, -0.15) is 0 Å². The van der Waals surface area contributed by atoms with E-state index in [0.29, 0.717) is 0 Å². The fourth-order valence-electron chi connectivity index (χ4n) is 4.58. The van der Waals surface area contributed by atoms with Gasteiger partial charge in [0.1, 0.15) is 17.0 Å². The summed E-state index contributed by atoms with van der Waals surface area (Å²) in [7, 11) is 0. The molecule has 1 aliphatic rings. The van der Waals surface area contributed by atoms with Gasteiger partial charge in [0.2, 0.25) is 0 Å². The molecular formula is C26H16N2OS. The molecule has 7 rings (SSSR count). The van der Waals surface area contributed by atoms with Crippen molar-refractivity contribution in [3.63, 3.8) is 0 Å². The van der Waals surface area contributed by atoms with Gasteiger partial charge in [-0.1, -0.05) is 48.5 Å². The summed E-state index contributed by atoms with van der Waals surface area (Å²) in [5, 5.41) is 2.33. The molecule has 4 aromatic carbocycles. The highest BCUT2D eigenvalue weighted by molar-refractivity contribution is 7.98. The Morgan fingerprint density at radius 1 is 0.833 bits per heavy atom. The van der Waals surface area contributed by atoms with E-state index in [2.05, 4.69) is 77.4 Å². The van der Waals surface area contributed by atoms with E-state index < -0.39 is 0 Å². The quantitative estimate of drug-likeness (QED) is 0.290. The summed E-state index contributed by atoms with van der Waals surface area (Å²) >= 11 is 1.86. The number of benzene rings is 4. The first-order valence-electron chi connectivity index (χ1n) is 10.0. The van der Waals surface area contributed by atoms with Crippen LogP contribution in [0.25, 0.3) is 49.8 Å². The molecule has 6 aromatic rings.